The molecule has 160 valence electrons. The van der Waals surface area contributed by atoms with Gasteiger partial charge in [-0.1, -0.05) is 23.7 Å². The maximum atomic E-state index is 12.7. The highest BCUT2D eigenvalue weighted by Gasteiger charge is 2.31. The van der Waals surface area contributed by atoms with Crippen LogP contribution >= 0.6 is 11.6 Å². The molecule has 2 aliphatic rings. The molecule has 0 bridgehead atoms. The Morgan fingerprint density at radius 3 is 2.40 bits per heavy atom. The zero-order chi connectivity index (χ0) is 21.3. The lowest BCUT2D eigenvalue weighted by Crippen LogP contribution is -2.44. The van der Waals surface area contributed by atoms with E-state index in [1.165, 1.54) is 0 Å². The molecule has 0 radical (unpaired) electrons. The van der Waals surface area contributed by atoms with Gasteiger partial charge in [-0.3, -0.25) is 4.79 Å². The Bertz CT molecular complexity index is 918. The van der Waals surface area contributed by atoms with Crippen LogP contribution in [0.1, 0.15) is 36.0 Å². The molecule has 0 atom stereocenters. The van der Waals surface area contributed by atoms with E-state index in [4.69, 9.17) is 11.6 Å². The van der Waals surface area contributed by atoms with Crippen LogP contribution in [0.4, 0.5) is 4.79 Å². The standard InChI is InChI=1S/C21H27ClN6O2/c1-25(2)21(30)26-9-7-16(8-10-26)20-24-23-18-14-27(11-12-28(18)20)19(29)13-15-3-5-17(22)6-4-15/h3-6,16H,7-14H2,1-2H3. The molecule has 0 unspecified atom stereocenters. The Kier molecular flexibility index (Phi) is 5.94. The van der Waals surface area contributed by atoms with Crippen molar-refractivity contribution in [3.8, 4) is 0 Å². The van der Waals surface area contributed by atoms with Gasteiger partial charge in [0.1, 0.15) is 5.82 Å². The highest BCUT2D eigenvalue weighted by atomic mass is 35.5. The van der Waals surface area contributed by atoms with Crippen molar-refractivity contribution in [2.45, 2.75) is 38.3 Å². The third-order valence-corrected chi connectivity index (χ3v) is 6.17. The number of fused-ring (bicyclic) bond motifs is 1. The number of urea groups is 1. The Balaban J connectivity index is 1.37. The van der Waals surface area contributed by atoms with Crippen molar-refractivity contribution < 1.29 is 9.59 Å². The molecule has 0 N–H and O–H groups in total. The molecule has 30 heavy (non-hydrogen) atoms. The van der Waals surface area contributed by atoms with Crippen LogP contribution in [0.15, 0.2) is 24.3 Å². The second-order valence-corrected chi connectivity index (χ2v) is 8.62. The fourth-order valence-corrected chi connectivity index (χ4v) is 4.32. The quantitative estimate of drug-likeness (QED) is 0.749. The lowest BCUT2D eigenvalue weighted by molar-refractivity contribution is -0.132. The van der Waals surface area contributed by atoms with Crippen LogP contribution in [-0.2, 0) is 24.3 Å². The largest absolute Gasteiger partial charge is 0.333 e. The van der Waals surface area contributed by atoms with Gasteiger partial charge in [0.05, 0.1) is 13.0 Å². The number of hydrogen-bond donors (Lipinski definition) is 0. The normalized spacial score (nSPS) is 17.0. The van der Waals surface area contributed by atoms with E-state index in [1.807, 2.05) is 21.9 Å². The van der Waals surface area contributed by atoms with Crippen molar-refractivity contribution in [3.05, 3.63) is 46.5 Å². The van der Waals surface area contributed by atoms with E-state index in [0.717, 1.165) is 43.1 Å². The molecular formula is C21H27ClN6O2. The first-order chi connectivity index (χ1) is 14.4. The maximum absolute atomic E-state index is 12.7. The molecule has 2 aromatic rings. The van der Waals surface area contributed by atoms with Gasteiger partial charge < -0.3 is 19.3 Å². The van der Waals surface area contributed by atoms with Crippen LogP contribution in [0.5, 0.6) is 0 Å². The van der Waals surface area contributed by atoms with Gasteiger partial charge in [-0.15, -0.1) is 10.2 Å². The van der Waals surface area contributed by atoms with E-state index < -0.39 is 0 Å². The summed E-state index contributed by atoms with van der Waals surface area (Å²) >= 11 is 5.92. The number of rotatable bonds is 3. The third-order valence-electron chi connectivity index (χ3n) is 5.92. The predicted octanol–water partition coefficient (Wildman–Crippen LogP) is 2.38. The van der Waals surface area contributed by atoms with Crippen LogP contribution in [0.25, 0.3) is 0 Å². The summed E-state index contributed by atoms with van der Waals surface area (Å²) in [4.78, 5) is 30.2. The number of amides is 3. The lowest BCUT2D eigenvalue weighted by Gasteiger charge is -2.34. The van der Waals surface area contributed by atoms with E-state index >= 15 is 0 Å². The van der Waals surface area contributed by atoms with E-state index in [1.54, 1.807) is 31.1 Å². The minimum Gasteiger partial charge on any atom is -0.333 e. The average molecular weight is 431 g/mol. The monoisotopic (exact) mass is 430 g/mol. The Hall–Kier alpha value is -2.61. The summed E-state index contributed by atoms with van der Waals surface area (Å²) in [5, 5.41) is 9.51. The summed E-state index contributed by atoms with van der Waals surface area (Å²) in [7, 11) is 3.56. The van der Waals surface area contributed by atoms with Crippen LogP contribution in [-0.4, -0.2) is 75.1 Å². The minimum atomic E-state index is 0.0616. The number of piperidine rings is 1. The number of nitrogens with zero attached hydrogens (tertiary/aromatic N) is 6. The Morgan fingerprint density at radius 1 is 1.03 bits per heavy atom. The van der Waals surface area contributed by atoms with E-state index in [9.17, 15) is 9.59 Å². The second kappa shape index (κ2) is 8.63. The summed E-state index contributed by atoms with van der Waals surface area (Å²) in [6.07, 6.45) is 2.13. The summed E-state index contributed by atoms with van der Waals surface area (Å²) in [6.45, 7) is 3.31. The van der Waals surface area contributed by atoms with Crippen molar-refractivity contribution in [3.63, 3.8) is 0 Å². The molecule has 9 heteroatoms. The average Bonchev–Trinajstić information content (AvgIpc) is 3.18. The van der Waals surface area contributed by atoms with Crippen molar-refractivity contribution in [2.24, 2.45) is 0 Å². The van der Waals surface area contributed by atoms with Crippen LogP contribution in [0.3, 0.4) is 0 Å². The molecular weight excluding hydrogens is 404 g/mol. The zero-order valence-electron chi connectivity index (χ0n) is 17.4. The van der Waals surface area contributed by atoms with Gasteiger partial charge in [0.2, 0.25) is 5.91 Å². The number of halogens is 1. The number of likely N-dealkylation sites (tertiary alicyclic amines) is 1. The van der Waals surface area contributed by atoms with Gasteiger partial charge in [-0.2, -0.15) is 0 Å². The summed E-state index contributed by atoms with van der Waals surface area (Å²) in [5.41, 5.74) is 0.955. The van der Waals surface area contributed by atoms with Crippen LogP contribution < -0.4 is 0 Å². The fraction of sp³-hybridized carbons (Fsp3) is 0.524. The molecule has 2 aliphatic heterocycles. The highest BCUT2D eigenvalue weighted by molar-refractivity contribution is 6.30. The number of benzene rings is 1. The third kappa shape index (κ3) is 4.28. The fourth-order valence-electron chi connectivity index (χ4n) is 4.20. The molecule has 1 aromatic heterocycles. The molecule has 1 fully saturated rings. The SMILES string of the molecule is CN(C)C(=O)N1CCC(c2nnc3n2CCN(C(=O)Cc2ccc(Cl)cc2)C3)CC1. The maximum Gasteiger partial charge on any atom is 0.319 e. The molecule has 0 spiro atoms. The summed E-state index contributed by atoms with van der Waals surface area (Å²) in [5.74, 6) is 2.22. The Morgan fingerprint density at radius 2 is 1.73 bits per heavy atom. The van der Waals surface area contributed by atoms with Gasteiger partial charge in [-0.25, -0.2) is 4.79 Å². The number of aromatic nitrogens is 3. The van der Waals surface area contributed by atoms with Gasteiger partial charge in [0.25, 0.3) is 0 Å². The summed E-state index contributed by atoms with van der Waals surface area (Å²) in [6, 6.07) is 7.45. The zero-order valence-corrected chi connectivity index (χ0v) is 18.2. The van der Waals surface area contributed by atoms with Crippen molar-refractivity contribution in [1.29, 1.82) is 0 Å². The summed E-state index contributed by atoms with van der Waals surface area (Å²) < 4.78 is 2.17. The van der Waals surface area contributed by atoms with Gasteiger partial charge in [0.15, 0.2) is 5.82 Å². The van der Waals surface area contributed by atoms with Gasteiger partial charge >= 0.3 is 6.03 Å². The van der Waals surface area contributed by atoms with E-state index in [0.29, 0.717) is 37.0 Å². The molecule has 4 rings (SSSR count). The number of carbonyl (C=O) groups is 2. The second-order valence-electron chi connectivity index (χ2n) is 8.18. The molecule has 8 nitrogen and oxygen atoms in total. The minimum absolute atomic E-state index is 0.0616. The van der Waals surface area contributed by atoms with E-state index in [2.05, 4.69) is 14.8 Å². The first-order valence-electron chi connectivity index (χ1n) is 10.3. The molecule has 0 saturated carbocycles. The Labute approximate surface area is 181 Å². The van der Waals surface area contributed by atoms with Crippen LogP contribution in [0.2, 0.25) is 5.02 Å². The van der Waals surface area contributed by atoms with Gasteiger partial charge in [0, 0.05) is 51.2 Å². The van der Waals surface area contributed by atoms with Crippen molar-refractivity contribution in [1.82, 2.24) is 29.5 Å². The molecule has 3 amide bonds. The number of hydrogen-bond acceptors (Lipinski definition) is 4. The van der Waals surface area contributed by atoms with Gasteiger partial charge in [-0.05, 0) is 30.5 Å². The first kappa shape index (κ1) is 20.7. The van der Waals surface area contributed by atoms with E-state index in [-0.39, 0.29) is 11.9 Å². The smallest absolute Gasteiger partial charge is 0.319 e. The topological polar surface area (TPSA) is 74.6 Å². The number of carbonyl (C=O) groups excluding carboxylic acids is 2. The molecule has 3 heterocycles. The molecule has 0 aliphatic carbocycles. The molecule has 1 aromatic carbocycles. The van der Waals surface area contributed by atoms with Crippen molar-refractivity contribution in [2.75, 3.05) is 33.7 Å². The predicted molar refractivity (Wildman–Crippen MR) is 113 cm³/mol. The van der Waals surface area contributed by atoms with Crippen LogP contribution in [0, 0.1) is 0 Å². The highest BCUT2D eigenvalue weighted by Crippen LogP contribution is 2.29. The van der Waals surface area contributed by atoms with Crippen molar-refractivity contribution >= 4 is 23.5 Å². The molecule has 1 saturated heterocycles. The first-order valence-corrected chi connectivity index (χ1v) is 10.7. The lowest BCUT2D eigenvalue weighted by atomic mass is 9.96.